The van der Waals surface area contributed by atoms with E-state index in [9.17, 15) is 18.0 Å². The topological polar surface area (TPSA) is 95.6 Å². The van der Waals surface area contributed by atoms with E-state index < -0.39 is 21.2 Å². The summed E-state index contributed by atoms with van der Waals surface area (Å²) in [6.07, 6.45) is 4.81. The number of rotatable bonds is 5. The minimum absolute atomic E-state index is 0.0600. The molecule has 0 bridgehead atoms. The molecule has 176 valence electrons. The van der Waals surface area contributed by atoms with Gasteiger partial charge in [0.25, 0.3) is 10.0 Å². The molecule has 2 N–H and O–H groups in total. The van der Waals surface area contributed by atoms with Crippen LogP contribution in [0.1, 0.15) is 43.7 Å². The van der Waals surface area contributed by atoms with Crippen LogP contribution in [-0.2, 0) is 26.0 Å². The van der Waals surface area contributed by atoms with Crippen molar-refractivity contribution >= 4 is 45.0 Å². The summed E-state index contributed by atoms with van der Waals surface area (Å²) in [6, 6.07) is 10.3. The summed E-state index contributed by atoms with van der Waals surface area (Å²) in [7, 11) is -3.86. The third-order valence-electron chi connectivity index (χ3n) is 6.12. The van der Waals surface area contributed by atoms with Gasteiger partial charge in [-0.3, -0.25) is 14.3 Å². The minimum Gasteiger partial charge on any atom is -0.341 e. The average molecular weight is 488 g/mol. The molecule has 7 nitrogen and oxygen atoms in total. The maximum absolute atomic E-state index is 13.1. The second kappa shape index (κ2) is 9.77. The van der Waals surface area contributed by atoms with Gasteiger partial charge in [0, 0.05) is 18.0 Å². The Labute approximate surface area is 199 Å². The number of para-hydroxylation sites is 1. The van der Waals surface area contributed by atoms with Crippen LogP contribution in [0.3, 0.4) is 0 Å². The fraction of sp³-hybridized carbons (Fsp3) is 0.417. The first kappa shape index (κ1) is 23.6. The zero-order chi connectivity index (χ0) is 23.6. The fourth-order valence-corrected chi connectivity index (χ4v) is 6.49. The highest BCUT2D eigenvalue weighted by molar-refractivity contribution is 8.01. The number of hydrogen-bond donors (Lipinski definition) is 2. The number of carbonyl (C=O) groups is 2. The number of nitrogens with zero attached hydrogens (tertiary/aromatic N) is 1. The van der Waals surface area contributed by atoms with Crippen molar-refractivity contribution in [2.45, 2.75) is 61.0 Å². The van der Waals surface area contributed by atoms with Gasteiger partial charge in [0.15, 0.2) is 5.25 Å². The minimum atomic E-state index is -3.86. The van der Waals surface area contributed by atoms with Crippen LogP contribution in [0.15, 0.2) is 46.2 Å². The Morgan fingerprint density at radius 1 is 1.15 bits per heavy atom. The molecule has 2 heterocycles. The summed E-state index contributed by atoms with van der Waals surface area (Å²) in [5, 5.41) is 1.90. The lowest BCUT2D eigenvalue weighted by Crippen LogP contribution is -2.45. The van der Waals surface area contributed by atoms with Gasteiger partial charge in [-0.1, -0.05) is 38.0 Å². The Bertz CT molecular complexity index is 1170. The average Bonchev–Trinajstić information content (AvgIpc) is 3.08. The third-order valence-corrected chi connectivity index (χ3v) is 8.73. The Morgan fingerprint density at radius 2 is 1.88 bits per heavy atom. The van der Waals surface area contributed by atoms with E-state index in [0.717, 1.165) is 36.8 Å². The summed E-state index contributed by atoms with van der Waals surface area (Å²) in [4.78, 5) is 28.3. The van der Waals surface area contributed by atoms with Crippen molar-refractivity contribution in [1.29, 1.82) is 0 Å². The number of amides is 2. The molecule has 0 spiro atoms. The number of anilines is 2. The Kier molecular flexibility index (Phi) is 6.99. The summed E-state index contributed by atoms with van der Waals surface area (Å²) >= 11 is 1.19. The molecule has 33 heavy (non-hydrogen) atoms. The van der Waals surface area contributed by atoms with Crippen molar-refractivity contribution in [3.63, 3.8) is 0 Å². The second-order valence-corrected chi connectivity index (χ2v) is 11.3. The van der Waals surface area contributed by atoms with Crippen molar-refractivity contribution in [3.05, 3.63) is 47.5 Å². The van der Waals surface area contributed by atoms with Crippen LogP contribution in [0.25, 0.3) is 0 Å². The number of carbonyl (C=O) groups excluding carboxylic acids is 2. The smallest absolute Gasteiger partial charge is 0.261 e. The van der Waals surface area contributed by atoms with Crippen LogP contribution in [0.4, 0.5) is 11.4 Å². The molecule has 2 aromatic carbocycles. The van der Waals surface area contributed by atoms with Gasteiger partial charge in [0.2, 0.25) is 11.8 Å². The van der Waals surface area contributed by atoms with Crippen LogP contribution in [0.5, 0.6) is 0 Å². The first-order valence-corrected chi connectivity index (χ1v) is 13.7. The van der Waals surface area contributed by atoms with Crippen LogP contribution in [-0.4, -0.2) is 43.5 Å². The molecular weight excluding hydrogens is 458 g/mol. The van der Waals surface area contributed by atoms with Crippen molar-refractivity contribution in [2.24, 2.45) is 0 Å². The number of sulfonamides is 1. The van der Waals surface area contributed by atoms with Gasteiger partial charge in [-0.2, -0.15) is 0 Å². The molecule has 4 rings (SSSR count). The normalized spacial score (nSPS) is 18.8. The molecule has 0 unspecified atom stereocenters. The Balaban J connectivity index is 1.56. The highest BCUT2D eigenvalue weighted by atomic mass is 32.2. The van der Waals surface area contributed by atoms with Crippen molar-refractivity contribution in [1.82, 2.24) is 4.90 Å². The molecule has 0 aromatic heterocycles. The molecule has 0 radical (unpaired) electrons. The number of nitrogens with one attached hydrogen (secondary N) is 2. The van der Waals surface area contributed by atoms with Gasteiger partial charge in [-0.25, -0.2) is 8.42 Å². The van der Waals surface area contributed by atoms with Crippen LogP contribution in [0, 0.1) is 6.92 Å². The lowest BCUT2D eigenvalue weighted by Gasteiger charge is -2.29. The third kappa shape index (κ3) is 5.04. The largest absolute Gasteiger partial charge is 0.341 e. The Morgan fingerprint density at radius 3 is 2.58 bits per heavy atom. The molecule has 0 saturated carbocycles. The van der Waals surface area contributed by atoms with Crippen molar-refractivity contribution in [3.8, 4) is 0 Å². The van der Waals surface area contributed by atoms with Gasteiger partial charge >= 0.3 is 0 Å². The SMILES string of the molecule is CCc1cccc(C)c1NS(=O)(=O)c1ccc2c(c1)NC(=O)[C@@H](C(=O)N1CCCCCC1)S2. The number of likely N-dealkylation sites (tertiary alicyclic amines) is 1. The number of aryl methyl sites for hydroxylation is 2. The molecule has 2 amide bonds. The van der Waals surface area contributed by atoms with Gasteiger partial charge in [-0.15, -0.1) is 11.8 Å². The quantitative estimate of drug-likeness (QED) is 0.617. The lowest BCUT2D eigenvalue weighted by atomic mass is 10.1. The van der Waals surface area contributed by atoms with Gasteiger partial charge in [-0.05, 0) is 55.5 Å². The first-order valence-electron chi connectivity index (χ1n) is 11.3. The summed E-state index contributed by atoms with van der Waals surface area (Å²) in [5.41, 5.74) is 2.75. The molecule has 2 aliphatic rings. The summed E-state index contributed by atoms with van der Waals surface area (Å²) < 4.78 is 28.9. The van der Waals surface area contributed by atoms with Gasteiger partial charge < -0.3 is 10.2 Å². The van der Waals surface area contributed by atoms with E-state index >= 15 is 0 Å². The zero-order valence-electron chi connectivity index (χ0n) is 18.9. The van der Waals surface area contributed by atoms with Crippen LogP contribution >= 0.6 is 11.8 Å². The molecule has 1 fully saturated rings. The van der Waals surface area contributed by atoms with E-state index in [-0.39, 0.29) is 10.8 Å². The van der Waals surface area contributed by atoms with Crippen LogP contribution in [0.2, 0.25) is 0 Å². The zero-order valence-corrected chi connectivity index (χ0v) is 20.5. The van der Waals surface area contributed by atoms with E-state index in [2.05, 4.69) is 10.0 Å². The predicted octanol–water partition coefficient (Wildman–Crippen LogP) is 4.17. The molecule has 2 aromatic rings. The lowest BCUT2D eigenvalue weighted by molar-refractivity contribution is -0.133. The van der Waals surface area contributed by atoms with Gasteiger partial charge in [0.05, 0.1) is 16.3 Å². The monoisotopic (exact) mass is 487 g/mol. The predicted molar refractivity (Wildman–Crippen MR) is 131 cm³/mol. The highest BCUT2D eigenvalue weighted by Crippen LogP contribution is 2.38. The molecule has 1 atom stereocenters. The molecular formula is C24H29N3O4S2. The fourth-order valence-electron chi connectivity index (χ4n) is 4.24. The highest BCUT2D eigenvalue weighted by Gasteiger charge is 2.36. The second-order valence-electron chi connectivity index (χ2n) is 8.45. The summed E-state index contributed by atoms with van der Waals surface area (Å²) in [5.74, 6) is -0.577. The van der Waals surface area contributed by atoms with Gasteiger partial charge in [0.1, 0.15) is 0 Å². The molecule has 1 saturated heterocycles. The van der Waals surface area contributed by atoms with E-state index in [1.54, 1.807) is 11.0 Å². The first-order chi connectivity index (χ1) is 15.8. The van der Waals surface area contributed by atoms with Crippen LogP contribution < -0.4 is 10.0 Å². The van der Waals surface area contributed by atoms with Crippen molar-refractivity contribution in [2.75, 3.05) is 23.1 Å². The standard InChI is InChI=1S/C24H29N3O4S2/c1-3-17-10-8-9-16(2)21(17)26-33(30,31)18-11-12-20-19(15-18)25-23(28)22(32-20)24(29)27-13-6-4-5-7-14-27/h8-12,15,22,26H,3-7,13-14H2,1-2H3,(H,25,28)/t22-/m0/s1. The molecule has 0 aliphatic carbocycles. The van der Waals surface area contributed by atoms with Crippen molar-refractivity contribution < 1.29 is 18.0 Å². The van der Waals surface area contributed by atoms with E-state index in [1.165, 1.54) is 23.9 Å². The van der Waals surface area contributed by atoms with E-state index in [0.29, 0.717) is 35.8 Å². The summed E-state index contributed by atoms with van der Waals surface area (Å²) in [6.45, 7) is 5.19. The molecule has 2 aliphatic heterocycles. The number of thioether (sulfide) groups is 1. The number of hydrogen-bond acceptors (Lipinski definition) is 5. The van der Waals surface area contributed by atoms with E-state index in [4.69, 9.17) is 0 Å². The molecule has 9 heteroatoms. The number of fused-ring (bicyclic) bond motifs is 1. The Hall–Kier alpha value is -2.52. The van der Waals surface area contributed by atoms with E-state index in [1.807, 2.05) is 32.0 Å². The number of benzene rings is 2. The maximum Gasteiger partial charge on any atom is 0.261 e. The maximum atomic E-state index is 13.1.